The third-order valence-electron chi connectivity index (χ3n) is 3.28. The molecule has 5 heteroatoms. The largest absolute Gasteiger partial charge is 0.394 e. The molecule has 0 bridgehead atoms. The molecule has 0 aliphatic carbocycles. The van der Waals surface area contributed by atoms with E-state index in [1.807, 2.05) is 19.4 Å². The van der Waals surface area contributed by atoms with E-state index < -0.39 is 0 Å². The van der Waals surface area contributed by atoms with Crippen molar-refractivity contribution in [2.45, 2.75) is 19.5 Å². The summed E-state index contributed by atoms with van der Waals surface area (Å²) in [5.74, 6) is 0.785. The average Bonchev–Trinajstić information content (AvgIpc) is 2.91. The topological polar surface area (TPSA) is 53.3 Å². The molecule has 1 unspecified atom stereocenters. The molecule has 1 aliphatic rings. The minimum Gasteiger partial charge on any atom is -0.394 e. The minimum atomic E-state index is 0.148. The Morgan fingerprint density at radius 3 is 3.24 bits per heavy atom. The summed E-state index contributed by atoms with van der Waals surface area (Å²) in [4.78, 5) is 2.47. The van der Waals surface area contributed by atoms with Crippen LogP contribution >= 0.6 is 0 Å². The minimum absolute atomic E-state index is 0.148. The van der Waals surface area contributed by atoms with Crippen LogP contribution < -0.4 is 5.32 Å². The van der Waals surface area contributed by atoms with Gasteiger partial charge in [-0.2, -0.15) is 5.10 Å². The molecule has 2 rings (SSSR count). The van der Waals surface area contributed by atoms with Crippen molar-refractivity contribution in [3.8, 4) is 0 Å². The molecule has 1 aliphatic heterocycles. The van der Waals surface area contributed by atoms with Crippen molar-refractivity contribution in [3.63, 3.8) is 0 Å². The summed E-state index contributed by atoms with van der Waals surface area (Å²) in [7, 11) is 2.02. The smallest absolute Gasteiger partial charge is 0.0640 e. The number of aliphatic hydroxyl groups excluding tert-OH is 1. The average molecular weight is 238 g/mol. The van der Waals surface area contributed by atoms with Gasteiger partial charge in [0.1, 0.15) is 0 Å². The van der Waals surface area contributed by atoms with Crippen LogP contribution in [-0.4, -0.2) is 53.1 Å². The van der Waals surface area contributed by atoms with Crippen LogP contribution in [0.4, 0.5) is 0 Å². The van der Waals surface area contributed by atoms with Gasteiger partial charge in [0, 0.05) is 24.8 Å². The number of nitrogens with zero attached hydrogens (tertiary/aromatic N) is 3. The first-order valence-electron chi connectivity index (χ1n) is 6.31. The van der Waals surface area contributed by atoms with Crippen molar-refractivity contribution < 1.29 is 5.11 Å². The summed E-state index contributed by atoms with van der Waals surface area (Å²) in [5.41, 5.74) is 1.24. The summed E-state index contributed by atoms with van der Waals surface area (Å²) in [6.45, 7) is 5.17. The highest BCUT2D eigenvalue weighted by atomic mass is 16.3. The Morgan fingerprint density at radius 1 is 1.59 bits per heavy atom. The van der Waals surface area contributed by atoms with E-state index in [1.165, 1.54) is 25.1 Å². The van der Waals surface area contributed by atoms with Crippen LogP contribution in [0.15, 0.2) is 12.4 Å². The molecule has 1 fully saturated rings. The SMILES string of the molecule is CNCC1CCN(Cc2cnn(CCO)c2)C1. The molecule has 1 aromatic rings. The van der Waals surface area contributed by atoms with Gasteiger partial charge in [-0.3, -0.25) is 9.58 Å². The molecule has 0 spiro atoms. The monoisotopic (exact) mass is 238 g/mol. The van der Waals surface area contributed by atoms with Crippen molar-refractivity contribution in [2.75, 3.05) is 33.3 Å². The molecular weight excluding hydrogens is 216 g/mol. The molecule has 1 aromatic heterocycles. The van der Waals surface area contributed by atoms with Crippen LogP contribution in [0.25, 0.3) is 0 Å². The first-order valence-corrected chi connectivity index (χ1v) is 6.31. The zero-order chi connectivity index (χ0) is 12.1. The molecule has 2 heterocycles. The second-order valence-corrected chi connectivity index (χ2v) is 4.78. The van der Waals surface area contributed by atoms with Crippen LogP contribution in [0, 0.1) is 5.92 Å². The maximum absolute atomic E-state index is 8.83. The van der Waals surface area contributed by atoms with Crippen LogP contribution in [0.5, 0.6) is 0 Å². The first-order chi connectivity index (χ1) is 8.31. The van der Waals surface area contributed by atoms with Gasteiger partial charge in [0.25, 0.3) is 0 Å². The maximum atomic E-state index is 8.83. The third kappa shape index (κ3) is 3.52. The Kier molecular flexibility index (Phi) is 4.53. The third-order valence-corrected chi connectivity index (χ3v) is 3.28. The number of aromatic nitrogens is 2. The Labute approximate surface area is 102 Å². The molecule has 0 aromatic carbocycles. The van der Waals surface area contributed by atoms with Gasteiger partial charge in [-0.15, -0.1) is 0 Å². The van der Waals surface area contributed by atoms with Gasteiger partial charge >= 0.3 is 0 Å². The number of likely N-dealkylation sites (tertiary alicyclic amines) is 1. The number of nitrogens with one attached hydrogen (secondary N) is 1. The molecule has 5 nitrogen and oxygen atoms in total. The fourth-order valence-electron chi connectivity index (χ4n) is 2.48. The second kappa shape index (κ2) is 6.14. The highest BCUT2D eigenvalue weighted by Crippen LogP contribution is 2.17. The second-order valence-electron chi connectivity index (χ2n) is 4.78. The molecular formula is C12H22N4O. The van der Waals surface area contributed by atoms with Crippen molar-refractivity contribution in [1.29, 1.82) is 0 Å². The van der Waals surface area contributed by atoms with Gasteiger partial charge in [0.2, 0.25) is 0 Å². The normalized spacial score (nSPS) is 21.2. The molecule has 1 saturated heterocycles. The number of hydrogen-bond acceptors (Lipinski definition) is 4. The zero-order valence-corrected chi connectivity index (χ0v) is 10.5. The predicted octanol–water partition coefficient (Wildman–Crippen LogP) is -0.0833. The molecule has 0 saturated carbocycles. The fraction of sp³-hybridized carbons (Fsp3) is 0.750. The lowest BCUT2D eigenvalue weighted by Gasteiger charge is -2.14. The Hall–Kier alpha value is -0.910. The fourth-order valence-corrected chi connectivity index (χ4v) is 2.48. The lowest BCUT2D eigenvalue weighted by molar-refractivity contribution is 0.269. The van der Waals surface area contributed by atoms with Crippen LogP contribution in [0.3, 0.4) is 0 Å². The van der Waals surface area contributed by atoms with Gasteiger partial charge in [0.05, 0.1) is 19.3 Å². The molecule has 0 amide bonds. The van der Waals surface area contributed by atoms with E-state index in [1.54, 1.807) is 4.68 Å². The van der Waals surface area contributed by atoms with Crippen LogP contribution in [0.1, 0.15) is 12.0 Å². The molecule has 2 N–H and O–H groups in total. The number of aliphatic hydroxyl groups is 1. The summed E-state index contributed by atoms with van der Waals surface area (Å²) in [5, 5.41) is 16.3. The van der Waals surface area contributed by atoms with Crippen LogP contribution in [-0.2, 0) is 13.1 Å². The lowest BCUT2D eigenvalue weighted by Crippen LogP contribution is -2.24. The molecule has 1 atom stereocenters. The Morgan fingerprint density at radius 2 is 2.47 bits per heavy atom. The van der Waals surface area contributed by atoms with Crippen molar-refractivity contribution >= 4 is 0 Å². The zero-order valence-electron chi connectivity index (χ0n) is 10.5. The van der Waals surface area contributed by atoms with E-state index in [0.717, 1.165) is 19.0 Å². The highest BCUT2D eigenvalue weighted by molar-refractivity contribution is 5.04. The van der Waals surface area contributed by atoms with Gasteiger partial charge in [-0.05, 0) is 32.5 Å². The lowest BCUT2D eigenvalue weighted by atomic mass is 10.1. The van der Waals surface area contributed by atoms with Gasteiger partial charge in [0.15, 0.2) is 0 Å². The van der Waals surface area contributed by atoms with Crippen molar-refractivity contribution in [3.05, 3.63) is 18.0 Å². The van der Waals surface area contributed by atoms with Gasteiger partial charge in [-0.25, -0.2) is 0 Å². The summed E-state index contributed by atoms with van der Waals surface area (Å²) in [6.07, 6.45) is 5.22. The highest BCUT2D eigenvalue weighted by Gasteiger charge is 2.21. The summed E-state index contributed by atoms with van der Waals surface area (Å²) in [6, 6.07) is 0. The summed E-state index contributed by atoms with van der Waals surface area (Å²) < 4.78 is 1.80. The Bertz CT molecular complexity index is 339. The van der Waals surface area contributed by atoms with Crippen molar-refractivity contribution in [1.82, 2.24) is 20.0 Å². The van der Waals surface area contributed by atoms with E-state index in [-0.39, 0.29) is 6.61 Å². The van der Waals surface area contributed by atoms with Gasteiger partial charge < -0.3 is 10.4 Å². The van der Waals surface area contributed by atoms with Crippen LogP contribution in [0.2, 0.25) is 0 Å². The quantitative estimate of drug-likeness (QED) is 0.728. The van der Waals surface area contributed by atoms with E-state index in [0.29, 0.717) is 6.54 Å². The number of rotatable bonds is 6. The predicted molar refractivity (Wildman–Crippen MR) is 66.6 cm³/mol. The number of hydrogen-bond donors (Lipinski definition) is 2. The van der Waals surface area contributed by atoms with E-state index in [9.17, 15) is 0 Å². The molecule has 17 heavy (non-hydrogen) atoms. The van der Waals surface area contributed by atoms with E-state index >= 15 is 0 Å². The Balaban J connectivity index is 1.80. The molecule has 96 valence electrons. The van der Waals surface area contributed by atoms with E-state index in [2.05, 4.69) is 15.3 Å². The first kappa shape index (κ1) is 12.5. The maximum Gasteiger partial charge on any atom is 0.0640 e. The van der Waals surface area contributed by atoms with E-state index in [4.69, 9.17) is 5.11 Å². The van der Waals surface area contributed by atoms with Crippen molar-refractivity contribution in [2.24, 2.45) is 5.92 Å². The van der Waals surface area contributed by atoms with Gasteiger partial charge in [-0.1, -0.05) is 0 Å². The standard InChI is InChI=1S/C12H22N4O/c1-13-6-11-2-3-15(8-11)9-12-7-14-16(10-12)4-5-17/h7,10-11,13,17H,2-6,8-9H2,1H3. The summed E-state index contributed by atoms with van der Waals surface area (Å²) >= 11 is 0. The molecule has 0 radical (unpaired) electrons.